The molecule has 1 aromatic carbocycles. The highest BCUT2D eigenvalue weighted by atomic mass is 35.5. The third-order valence-corrected chi connectivity index (χ3v) is 6.84. The molecule has 174 valence electrons. The molecule has 0 spiro atoms. The number of nitrogens with zero attached hydrogens (tertiary/aromatic N) is 3. The van der Waals surface area contributed by atoms with Crippen molar-refractivity contribution in [1.82, 2.24) is 19.7 Å². The Kier molecular flexibility index (Phi) is 6.75. The Balaban J connectivity index is 1.70. The van der Waals surface area contributed by atoms with Gasteiger partial charge in [-0.3, -0.25) is 9.07 Å². The van der Waals surface area contributed by atoms with E-state index in [0.717, 1.165) is 17.2 Å². The molecule has 0 unspecified atom stereocenters. The highest BCUT2D eigenvalue weighted by Crippen LogP contribution is 2.40. The van der Waals surface area contributed by atoms with Crippen molar-refractivity contribution in [3.8, 4) is 11.1 Å². The third-order valence-electron chi connectivity index (χ3n) is 6.13. The standard InChI is InChI=1S/C24H24Cl2F2N4O/c1-3-24(2,33)6-7-32-13-15(11-31-32)14-8-16-18(12-30-23(16)29-10-14)17(9-27)21-19(25)4-5-20(28)22(21)26/h4-5,8,10-13,17,33H,3,6-7,9H2,1-2H3,(H,29,30)/t17-,24+/m1/s1. The maximum atomic E-state index is 14.3. The molecule has 0 saturated carbocycles. The fraction of sp³-hybridized carbons (Fsp3) is 0.333. The molecule has 0 bridgehead atoms. The summed E-state index contributed by atoms with van der Waals surface area (Å²) in [6.07, 6.45) is 8.21. The molecular formula is C24H24Cl2F2N4O. The predicted octanol–water partition coefficient (Wildman–Crippen LogP) is 6.52. The molecule has 4 aromatic rings. The third kappa shape index (κ3) is 4.76. The number of hydrogen-bond acceptors (Lipinski definition) is 3. The van der Waals surface area contributed by atoms with Gasteiger partial charge in [0, 0.05) is 58.2 Å². The van der Waals surface area contributed by atoms with Gasteiger partial charge >= 0.3 is 0 Å². The fourth-order valence-electron chi connectivity index (χ4n) is 3.81. The molecule has 2 atom stereocenters. The number of nitrogens with one attached hydrogen (secondary N) is 1. The van der Waals surface area contributed by atoms with Crippen LogP contribution in [0.2, 0.25) is 10.0 Å². The Hall–Kier alpha value is -2.48. The van der Waals surface area contributed by atoms with Crippen LogP contribution in [0.1, 0.15) is 43.7 Å². The summed E-state index contributed by atoms with van der Waals surface area (Å²) in [6, 6.07) is 4.43. The molecule has 0 aliphatic rings. The van der Waals surface area contributed by atoms with E-state index in [1.807, 2.05) is 19.2 Å². The zero-order valence-corrected chi connectivity index (χ0v) is 19.8. The van der Waals surface area contributed by atoms with Gasteiger partial charge < -0.3 is 10.1 Å². The van der Waals surface area contributed by atoms with Gasteiger partial charge in [-0.2, -0.15) is 5.10 Å². The lowest BCUT2D eigenvalue weighted by atomic mass is 9.91. The number of aromatic amines is 1. The van der Waals surface area contributed by atoms with Crippen LogP contribution in [0.4, 0.5) is 8.78 Å². The highest BCUT2D eigenvalue weighted by molar-refractivity contribution is 6.36. The molecule has 3 aromatic heterocycles. The minimum absolute atomic E-state index is 0.187. The summed E-state index contributed by atoms with van der Waals surface area (Å²) >= 11 is 12.4. The van der Waals surface area contributed by atoms with Crippen LogP contribution < -0.4 is 0 Å². The van der Waals surface area contributed by atoms with Gasteiger partial charge in [-0.05, 0) is 43.5 Å². The van der Waals surface area contributed by atoms with Gasteiger partial charge in [-0.15, -0.1) is 0 Å². The molecule has 0 aliphatic carbocycles. The number of rotatable bonds is 8. The number of benzene rings is 1. The summed E-state index contributed by atoms with van der Waals surface area (Å²) in [5.74, 6) is -1.51. The largest absolute Gasteiger partial charge is 0.390 e. The molecule has 0 aliphatic heterocycles. The van der Waals surface area contributed by atoms with Crippen molar-refractivity contribution >= 4 is 34.2 Å². The number of aryl methyl sites for hydroxylation is 1. The van der Waals surface area contributed by atoms with E-state index in [0.29, 0.717) is 36.0 Å². The zero-order valence-electron chi connectivity index (χ0n) is 18.2. The second kappa shape index (κ2) is 9.41. The molecular weight excluding hydrogens is 469 g/mol. The minimum Gasteiger partial charge on any atom is -0.390 e. The smallest absolute Gasteiger partial charge is 0.142 e. The Morgan fingerprint density at radius 1 is 1.24 bits per heavy atom. The van der Waals surface area contributed by atoms with Gasteiger partial charge in [-0.1, -0.05) is 30.1 Å². The van der Waals surface area contributed by atoms with E-state index in [1.165, 1.54) is 6.07 Å². The van der Waals surface area contributed by atoms with Crippen molar-refractivity contribution in [1.29, 1.82) is 0 Å². The van der Waals surface area contributed by atoms with E-state index in [9.17, 15) is 13.9 Å². The number of pyridine rings is 1. The Morgan fingerprint density at radius 2 is 2.03 bits per heavy atom. The molecule has 4 rings (SSSR count). The van der Waals surface area contributed by atoms with Crippen LogP contribution in [0, 0.1) is 5.82 Å². The molecule has 3 heterocycles. The first-order valence-electron chi connectivity index (χ1n) is 10.7. The average Bonchev–Trinajstić information content (AvgIpc) is 3.45. The Morgan fingerprint density at radius 3 is 2.76 bits per heavy atom. The van der Waals surface area contributed by atoms with Gasteiger partial charge in [0.15, 0.2) is 0 Å². The van der Waals surface area contributed by atoms with Crippen molar-refractivity contribution in [2.75, 3.05) is 6.67 Å². The van der Waals surface area contributed by atoms with Crippen molar-refractivity contribution in [3.63, 3.8) is 0 Å². The predicted molar refractivity (Wildman–Crippen MR) is 127 cm³/mol. The van der Waals surface area contributed by atoms with Crippen molar-refractivity contribution in [2.45, 2.75) is 44.8 Å². The average molecular weight is 493 g/mol. The van der Waals surface area contributed by atoms with E-state index in [4.69, 9.17) is 23.2 Å². The topological polar surface area (TPSA) is 66.7 Å². The van der Waals surface area contributed by atoms with E-state index in [1.54, 1.807) is 30.2 Å². The second-order valence-corrected chi connectivity index (χ2v) is 9.21. The highest BCUT2D eigenvalue weighted by Gasteiger charge is 2.25. The normalized spacial score (nSPS) is 14.5. The van der Waals surface area contributed by atoms with Gasteiger partial charge in [0.2, 0.25) is 0 Å². The fourth-order valence-corrected chi connectivity index (χ4v) is 4.45. The number of hydrogen-bond donors (Lipinski definition) is 2. The van der Waals surface area contributed by atoms with Gasteiger partial charge in [0.1, 0.15) is 18.1 Å². The van der Waals surface area contributed by atoms with Gasteiger partial charge in [-0.25, -0.2) is 9.37 Å². The van der Waals surface area contributed by atoms with Crippen LogP contribution in [-0.2, 0) is 6.54 Å². The van der Waals surface area contributed by atoms with Crippen molar-refractivity contribution < 1.29 is 13.9 Å². The van der Waals surface area contributed by atoms with E-state index in [-0.39, 0.29) is 15.6 Å². The second-order valence-electron chi connectivity index (χ2n) is 8.42. The summed E-state index contributed by atoms with van der Waals surface area (Å²) in [5, 5.41) is 15.3. The molecule has 0 amide bonds. The van der Waals surface area contributed by atoms with Crippen LogP contribution >= 0.6 is 23.2 Å². The summed E-state index contributed by atoms with van der Waals surface area (Å²) < 4.78 is 30.1. The maximum Gasteiger partial charge on any atom is 0.142 e. The van der Waals surface area contributed by atoms with Gasteiger partial charge in [0.05, 0.1) is 16.8 Å². The molecule has 0 radical (unpaired) electrons. The first-order valence-corrected chi connectivity index (χ1v) is 11.4. The van der Waals surface area contributed by atoms with E-state index in [2.05, 4.69) is 15.1 Å². The first-order chi connectivity index (χ1) is 15.7. The van der Waals surface area contributed by atoms with Crippen LogP contribution in [-0.4, -0.2) is 37.1 Å². The number of H-pyrrole nitrogens is 1. The number of aliphatic hydroxyl groups is 1. The number of fused-ring (bicyclic) bond motifs is 1. The molecule has 9 heteroatoms. The van der Waals surface area contributed by atoms with Crippen LogP contribution in [0.25, 0.3) is 22.2 Å². The summed E-state index contributed by atoms with van der Waals surface area (Å²) in [6.45, 7) is 3.52. The number of halogens is 4. The zero-order chi connectivity index (χ0) is 23.8. The van der Waals surface area contributed by atoms with E-state index < -0.39 is 24.0 Å². The minimum atomic E-state index is -0.856. The Labute approximate surface area is 200 Å². The molecule has 33 heavy (non-hydrogen) atoms. The number of aromatic nitrogens is 4. The lowest BCUT2D eigenvalue weighted by molar-refractivity contribution is 0.0416. The Bertz CT molecular complexity index is 1280. The van der Waals surface area contributed by atoms with Crippen LogP contribution in [0.5, 0.6) is 0 Å². The summed E-state index contributed by atoms with van der Waals surface area (Å²) in [5.41, 5.74) is 2.26. The molecule has 2 N–H and O–H groups in total. The quantitative estimate of drug-likeness (QED) is 0.275. The first kappa shape index (κ1) is 23.7. The lowest BCUT2D eigenvalue weighted by Crippen LogP contribution is -2.24. The monoisotopic (exact) mass is 492 g/mol. The van der Waals surface area contributed by atoms with Crippen molar-refractivity contribution in [2.24, 2.45) is 0 Å². The van der Waals surface area contributed by atoms with Crippen molar-refractivity contribution in [3.05, 3.63) is 70.0 Å². The van der Waals surface area contributed by atoms with E-state index >= 15 is 0 Å². The summed E-state index contributed by atoms with van der Waals surface area (Å²) in [4.78, 5) is 7.51. The maximum absolute atomic E-state index is 14.3. The van der Waals surface area contributed by atoms with Gasteiger partial charge in [0.25, 0.3) is 0 Å². The number of alkyl halides is 1. The molecule has 0 saturated heterocycles. The molecule has 5 nitrogen and oxygen atoms in total. The van der Waals surface area contributed by atoms with Crippen LogP contribution in [0.15, 0.2) is 43.0 Å². The lowest BCUT2D eigenvalue weighted by Gasteiger charge is -2.20. The molecule has 0 fully saturated rings. The SMILES string of the molecule is CC[C@](C)(O)CCn1cc(-c2cnc3[nH]cc([C@@H](CF)c4c(Cl)ccc(F)c4Cl)c3c2)cn1. The van der Waals surface area contributed by atoms with Crippen LogP contribution in [0.3, 0.4) is 0 Å². The summed E-state index contributed by atoms with van der Waals surface area (Å²) in [7, 11) is 0.